The minimum atomic E-state index is -0.176. The van der Waals surface area contributed by atoms with Crippen molar-refractivity contribution in [3.8, 4) is 0 Å². The first kappa shape index (κ1) is 16.5. The minimum absolute atomic E-state index is 0.176. The second-order valence-electron chi connectivity index (χ2n) is 5.97. The van der Waals surface area contributed by atoms with Crippen LogP contribution in [0.15, 0.2) is 30.3 Å². The van der Waals surface area contributed by atoms with Gasteiger partial charge in [-0.15, -0.1) is 11.3 Å². The van der Waals surface area contributed by atoms with E-state index < -0.39 is 0 Å². The third-order valence-corrected chi connectivity index (χ3v) is 5.20. The second kappa shape index (κ2) is 6.61. The molecule has 5 heteroatoms. The highest BCUT2D eigenvalue weighted by Gasteiger charge is 2.18. The molecular weight excluding hydrogens is 318 g/mol. The number of benzene rings is 1. The van der Waals surface area contributed by atoms with E-state index in [0.29, 0.717) is 10.6 Å². The van der Waals surface area contributed by atoms with Crippen LogP contribution in [-0.4, -0.2) is 10.9 Å². The molecule has 2 heterocycles. The van der Waals surface area contributed by atoms with E-state index in [2.05, 4.69) is 17.2 Å². The number of carbonyl (C=O) groups excluding carboxylic acids is 1. The van der Waals surface area contributed by atoms with Crippen molar-refractivity contribution < 1.29 is 4.79 Å². The topological polar surface area (TPSA) is 68.0 Å². The normalized spacial score (nSPS) is 11.0. The molecule has 3 aromatic rings. The number of para-hydroxylation sites is 1. The van der Waals surface area contributed by atoms with Crippen LogP contribution in [-0.2, 0) is 6.42 Å². The van der Waals surface area contributed by atoms with E-state index in [9.17, 15) is 4.79 Å². The van der Waals surface area contributed by atoms with Crippen LogP contribution in [0.3, 0.4) is 0 Å². The van der Waals surface area contributed by atoms with Gasteiger partial charge >= 0.3 is 0 Å². The van der Waals surface area contributed by atoms with Crippen LogP contribution < -0.4 is 11.1 Å². The van der Waals surface area contributed by atoms with Crippen LogP contribution in [0.25, 0.3) is 10.2 Å². The van der Waals surface area contributed by atoms with Crippen LogP contribution in [0.2, 0.25) is 0 Å². The summed E-state index contributed by atoms with van der Waals surface area (Å²) in [5, 5.41) is 3.85. The number of hydrogen-bond acceptors (Lipinski definition) is 4. The number of nitrogen functional groups attached to an aromatic ring is 1. The predicted molar refractivity (Wildman–Crippen MR) is 102 cm³/mol. The first-order valence-corrected chi connectivity index (χ1v) is 8.88. The number of thiophene rings is 1. The fourth-order valence-corrected chi connectivity index (χ4v) is 3.79. The lowest BCUT2D eigenvalue weighted by atomic mass is 10.1. The number of hydrogen-bond donors (Lipinski definition) is 2. The summed E-state index contributed by atoms with van der Waals surface area (Å²) in [5.74, 6) is -0.176. The molecule has 4 nitrogen and oxygen atoms in total. The number of aryl methyl sites for hydroxylation is 3. The molecule has 0 atom stereocenters. The quantitative estimate of drug-likeness (QED) is 0.724. The number of amides is 1. The van der Waals surface area contributed by atoms with E-state index in [0.717, 1.165) is 45.6 Å². The lowest BCUT2D eigenvalue weighted by molar-refractivity contribution is 0.103. The van der Waals surface area contributed by atoms with Crippen LogP contribution in [0, 0.1) is 13.8 Å². The summed E-state index contributed by atoms with van der Waals surface area (Å²) in [7, 11) is 0. The average molecular weight is 339 g/mol. The summed E-state index contributed by atoms with van der Waals surface area (Å²) in [5.41, 5.74) is 10.7. The zero-order valence-corrected chi connectivity index (χ0v) is 15.0. The van der Waals surface area contributed by atoms with E-state index in [-0.39, 0.29) is 5.91 Å². The van der Waals surface area contributed by atoms with Crippen LogP contribution in [0.5, 0.6) is 0 Å². The van der Waals surface area contributed by atoms with Gasteiger partial charge in [-0.25, -0.2) is 4.98 Å². The molecule has 0 aliphatic heterocycles. The molecule has 0 saturated heterocycles. The highest BCUT2D eigenvalue weighted by molar-refractivity contribution is 7.21. The smallest absolute Gasteiger partial charge is 0.267 e. The van der Waals surface area contributed by atoms with Crippen molar-refractivity contribution >= 4 is 38.8 Å². The van der Waals surface area contributed by atoms with Crippen LogP contribution in [0.4, 0.5) is 11.4 Å². The third-order valence-electron chi connectivity index (χ3n) is 4.08. The molecule has 3 rings (SSSR count). The molecule has 3 N–H and O–H groups in total. The molecule has 124 valence electrons. The molecule has 0 aliphatic rings. The van der Waals surface area contributed by atoms with Crippen LogP contribution in [0.1, 0.15) is 39.8 Å². The second-order valence-corrected chi connectivity index (χ2v) is 6.97. The monoisotopic (exact) mass is 339 g/mol. The molecule has 0 spiro atoms. The number of fused-ring (bicyclic) bond motifs is 1. The summed E-state index contributed by atoms with van der Waals surface area (Å²) in [4.78, 5) is 18.7. The Morgan fingerprint density at radius 3 is 2.58 bits per heavy atom. The van der Waals surface area contributed by atoms with Gasteiger partial charge in [0.15, 0.2) is 0 Å². The minimum Gasteiger partial charge on any atom is -0.397 e. The van der Waals surface area contributed by atoms with Gasteiger partial charge in [0, 0.05) is 16.8 Å². The van der Waals surface area contributed by atoms with E-state index >= 15 is 0 Å². The van der Waals surface area contributed by atoms with Gasteiger partial charge in [0.2, 0.25) is 0 Å². The van der Waals surface area contributed by atoms with E-state index in [1.807, 2.05) is 44.2 Å². The number of nitrogens with one attached hydrogen (secondary N) is 1. The Bertz CT molecular complexity index is 894. The number of rotatable bonds is 4. The highest BCUT2D eigenvalue weighted by atomic mass is 32.1. The Hall–Kier alpha value is -2.40. The lowest BCUT2D eigenvalue weighted by Crippen LogP contribution is -2.13. The number of nitrogens with two attached hydrogens (primary N) is 1. The number of pyridine rings is 1. The molecule has 0 fully saturated rings. The first-order chi connectivity index (χ1) is 11.5. The largest absolute Gasteiger partial charge is 0.397 e. The fraction of sp³-hybridized carbons (Fsp3) is 0.263. The van der Waals surface area contributed by atoms with Crippen molar-refractivity contribution in [1.29, 1.82) is 0 Å². The van der Waals surface area contributed by atoms with E-state index in [1.54, 1.807) is 0 Å². The predicted octanol–water partition coefficient (Wildman–Crippen LogP) is 4.70. The third kappa shape index (κ3) is 2.99. The molecular formula is C19H21N3OS. The fourth-order valence-electron chi connectivity index (χ4n) is 2.78. The van der Waals surface area contributed by atoms with Gasteiger partial charge in [-0.05, 0) is 43.5 Å². The van der Waals surface area contributed by atoms with Gasteiger partial charge in [0.05, 0.1) is 5.69 Å². The Kier molecular flexibility index (Phi) is 4.53. The Morgan fingerprint density at radius 2 is 1.92 bits per heavy atom. The van der Waals surface area contributed by atoms with Crippen molar-refractivity contribution in [3.05, 3.63) is 52.0 Å². The molecule has 1 aromatic carbocycles. The summed E-state index contributed by atoms with van der Waals surface area (Å²) in [6.07, 6.45) is 1.97. The van der Waals surface area contributed by atoms with Gasteiger partial charge < -0.3 is 11.1 Å². The standard InChI is InChI=1S/C19H21N3OS/c1-4-6-13-9-10-14-15(20)17(24-19(14)21-13)18(23)22-16-11(2)7-5-8-12(16)3/h5,7-10H,4,6,20H2,1-3H3,(H,22,23). The molecule has 0 unspecified atom stereocenters. The van der Waals surface area contributed by atoms with Gasteiger partial charge in [-0.1, -0.05) is 31.5 Å². The van der Waals surface area contributed by atoms with Gasteiger partial charge in [0.25, 0.3) is 5.91 Å². The Labute approximate surface area is 145 Å². The molecule has 1 amide bonds. The molecule has 0 radical (unpaired) electrons. The number of carbonyl (C=O) groups is 1. The van der Waals surface area contributed by atoms with Gasteiger partial charge in [-0.3, -0.25) is 4.79 Å². The Balaban J connectivity index is 1.96. The maximum atomic E-state index is 12.7. The van der Waals surface area contributed by atoms with Gasteiger partial charge in [-0.2, -0.15) is 0 Å². The SMILES string of the molecule is CCCc1ccc2c(N)c(C(=O)Nc3c(C)cccc3C)sc2n1. The van der Waals surface area contributed by atoms with Gasteiger partial charge in [0.1, 0.15) is 9.71 Å². The van der Waals surface area contributed by atoms with Crippen molar-refractivity contribution in [2.24, 2.45) is 0 Å². The van der Waals surface area contributed by atoms with Crippen LogP contribution >= 0.6 is 11.3 Å². The number of nitrogens with zero attached hydrogens (tertiary/aromatic N) is 1. The summed E-state index contributed by atoms with van der Waals surface area (Å²) in [6, 6.07) is 9.90. The maximum absolute atomic E-state index is 12.7. The molecule has 0 saturated carbocycles. The zero-order valence-electron chi connectivity index (χ0n) is 14.1. The molecule has 0 aliphatic carbocycles. The van der Waals surface area contributed by atoms with Crippen molar-refractivity contribution in [2.45, 2.75) is 33.6 Å². The average Bonchev–Trinajstić information content (AvgIpc) is 2.88. The van der Waals surface area contributed by atoms with E-state index in [1.165, 1.54) is 11.3 Å². The zero-order chi connectivity index (χ0) is 17.3. The lowest BCUT2D eigenvalue weighted by Gasteiger charge is -2.10. The van der Waals surface area contributed by atoms with Crippen molar-refractivity contribution in [1.82, 2.24) is 4.98 Å². The summed E-state index contributed by atoms with van der Waals surface area (Å²) >= 11 is 1.35. The molecule has 0 bridgehead atoms. The Morgan fingerprint density at radius 1 is 1.21 bits per heavy atom. The first-order valence-electron chi connectivity index (χ1n) is 8.06. The van der Waals surface area contributed by atoms with Crippen molar-refractivity contribution in [3.63, 3.8) is 0 Å². The number of aromatic nitrogens is 1. The highest BCUT2D eigenvalue weighted by Crippen LogP contribution is 2.33. The molecule has 24 heavy (non-hydrogen) atoms. The summed E-state index contributed by atoms with van der Waals surface area (Å²) in [6.45, 7) is 6.09. The number of anilines is 2. The van der Waals surface area contributed by atoms with E-state index in [4.69, 9.17) is 5.73 Å². The maximum Gasteiger partial charge on any atom is 0.267 e. The summed E-state index contributed by atoms with van der Waals surface area (Å²) < 4.78 is 0. The van der Waals surface area contributed by atoms with Crippen molar-refractivity contribution in [2.75, 3.05) is 11.1 Å². The molecule has 2 aromatic heterocycles.